The molecule has 0 heterocycles. The van der Waals surface area contributed by atoms with Crippen molar-refractivity contribution in [2.24, 2.45) is 5.90 Å². The predicted molar refractivity (Wildman–Crippen MR) is 107 cm³/mol. The SMILES string of the molecule is Cc1ccc(CON)cc1C[C@@H](CC(=O)OC(C)(C)C)NC(=O)OC(C)(C)C. The van der Waals surface area contributed by atoms with Crippen molar-refractivity contribution in [2.75, 3.05) is 0 Å². The van der Waals surface area contributed by atoms with Gasteiger partial charge in [-0.15, -0.1) is 0 Å². The van der Waals surface area contributed by atoms with E-state index in [1.165, 1.54) is 0 Å². The summed E-state index contributed by atoms with van der Waals surface area (Å²) in [5, 5.41) is 2.80. The van der Waals surface area contributed by atoms with Crippen LogP contribution in [0.25, 0.3) is 0 Å². The van der Waals surface area contributed by atoms with Crippen molar-refractivity contribution in [1.82, 2.24) is 5.32 Å². The molecule has 1 aromatic rings. The van der Waals surface area contributed by atoms with Crippen molar-refractivity contribution in [2.45, 2.75) is 85.2 Å². The van der Waals surface area contributed by atoms with Crippen molar-refractivity contribution >= 4 is 12.1 Å². The number of hydrogen-bond donors (Lipinski definition) is 2. The fraction of sp³-hybridized carbons (Fsp3) is 0.619. The summed E-state index contributed by atoms with van der Waals surface area (Å²) in [6.07, 6.45) is -0.0869. The molecule has 7 nitrogen and oxygen atoms in total. The lowest BCUT2D eigenvalue weighted by Crippen LogP contribution is -2.42. The molecular formula is C21H34N2O5. The van der Waals surface area contributed by atoms with E-state index in [0.717, 1.165) is 16.7 Å². The average Bonchev–Trinajstić information content (AvgIpc) is 2.46. The maximum atomic E-state index is 12.3. The maximum Gasteiger partial charge on any atom is 0.407 e. The van der Waals surface area contributed by atoms with Gasteiger partial charge in [-0.2, -0.15) is 0 Å². The number of alkyl carbamates (subject to hydrolysis) is 1. The molecule has 0 unspecified atom stereocenters. The van der Waals surface area contributed by atoms with Crippen molar-refractivity contribution in [3.8, 4) is 0 Å². The van der Waals surface area contributed by atoms with Gasteiger partial charge < -0.3 is 14.8 Å². The van der Waals surface area contributed by atoms with Crippen LogP contribution in [0.15, 0.2) is 18.2 Å². The topological polar surface area (TPSA) is 99.9 Å². The second-order valence-corrected chi connectivity index (χ2v) is 8.91. The van der Waals surface area contributed by atoms with Crippen LogP contribution in [-0.2, 0) is 32.1 Å². The molecule has 0 aliphatic rings. The Morgan fingerprint density at radius 1 is 1.07 bits per heavy atom. The number of esters is 1. The van der Waals surface area contributed by atoms with E-state index in [0.29, 0.717) is 6.42 Å². The number of ether oxygens (including phenoxy) is 2. The number of hydrogen-bond acceptors (Lipinski definition) is 6. The second kappa shape index (κ2) is 9.89. The Labute approximate surface area is 167 Å². The number of carbonyl (C=O) groups excluding carboxylic acids is 2. The molecule has 28 heavy (non-hydrogen) atoms. The third-order valence-electron chi connectivity index (χ3n) is 3.68. The zero-order valence-corrected chi connectivity index (χ0v) is 18.0. The number of nitrogens with one attached hydrogen (secondary N) is 1. The average molecular weight is 395 g/mol. The van der Waals surface area contributed by atoms with Crippen molar-refractivity contribution in [1.29, 1.82) is 0 Å². The Morgan fingerprint density at radius 2 is 1.68 bits per heavy atom. The molecule has 0 aliphatic carbocycles. The maximum absolute atomic E-state index is 12.3. The zero-order chi connectivity index (χ0) is 21.5. The van der Waals surface area contributed by atoms with Gasteiger partial charge in [0, 0.05) is 6.04 Å². The minimum absolute atomic E-state index is 0.0353. The molecule has 0 radical (unpaired) electrons. The Hall–Kier alpha value is -2.12. The third-order valence-corrected chi connectivity index (χ3v) is 3.68. The summed E-state index contributed by atoms with van der Waals surface area (Å²) in [5.41, 5.74) is 1.72. The van der Waals surface area contributed by atoms with Gasteiger partial charge in [0.2, 0.25) is 0 Å². The molecule has 0 saturated heterocycles. The number of amides is 1. The van der Waals surface area contributed by atoms with Crippen LogP contribution >= 0.6 is 0 Å². The first-order chi connectivity index (χ1) is 12.8. The molecule has 1 amide bonds. The first-order valence-electron chi connectivity index (χ1n) is 9.40. The van der Waals surface area contributed by atoms with Crippen LogP contribution in [0.2, 0.25) is 0 Å². The molecule has 0 aliphatic heterocycles. The van der Waals surface area contributed by atoms with Crippen molar-refractivity contribution in [3.63, 3.8) is 0 Å². The van der Waals surface area contributed by atoms with E-state index in [2.05, 4.69) is 5.32 Å². The lowest BCUT2D eigenvalue weighted by atomic mass is 9.97. The zero-order valence-electron chi connectivity index (χ0n) is 18.0. The number of nitrogens with two attached hydrogens (primary N) is 1. The van der Waals surface area contributed by atoms with Crippen LogP contribution in [0.5, 0.6) is 0 Å². The first-order valence-corrected chi connectivity index (χ1v) is 9.40. The lowest BCUT2D eigenvalue weighted by Gasteiger charge is -2.25. The fourth-order valence-corrected chi connectivity index (χ4v) is 2.63. The molecular weight excluding hydrogens is 360 g/mol. The summed E-state index contributed by atoms with van der Waals surface area (Å²) >= 11 is 0. The van der Waals surface area contributed by atoms with Gasteiger partial charge in [-0.05, 0) is 71.6 Å². The molecule has 158 valence electrons. The molecule has 0 saturated carbocycles. The molecule has 0 spiro atoms. The van der Waals surface area contributed by atoms with Crippen LogP contribution in [0.4, 0.5) is 4.79 Å². The molecule has 0 fully saturated rings. The van der Waals surface area contributed by atoms with Gasteiger partial charge in [-0.25, -0.2) is 10.7 Å². The third kappa shape index (κ3) is 9.71. The van der Waals surface area contributed by atoms with E-state index in [4.69, 9.17) is 20.2 Å². The second-order valence-electron chi connectivity index (χ2n) is 8.91. The predicted octanol–water partition coefficient (Wildman–Crippen LogP) is 3.55. The molecule has 1 atom stereocenters. The van der Waals surface area contributed by atoms with E-state index in [1.807, 2.05) is 45.9 Å². The Kier molecular flexibility index (Phi) is 8.45. The molecule has 1 aromatic carbocycles. The van der Waals surface area contributed by atoms with Gasteiger partial charge in [0.1, 0.15) is 11.2 Å². The van der Waals surface area contributed by atoms with Gasteiger partial charge in [0.15, 0.2) is 0 Å². The van der Waals surface area contributed by atoms with Crippen LogP contribution in [0.1, 0.15) is 64.7 Å². The van der Waals surface area contributed by atoms with E-state index >= 15 is 0 Å². The number of benzene rings is 1. The summed E-state index contributed by atoms with van der Waals surface area (Å²) in [6, 6.07) is 5.37. The molecule has 7 heteroatoms. The molecule has 3 N–H and O–H groups in total. The van der Waals surface area contributed by atoms with Crippen LogP contribution < -0.4 is 11.2 Å². The highest BCUT2D eigenvalue weighted by molar-refractivity contribution is 5.73. The van der Waals surface area contributed by atoms with Crippen LogP contribution in [0.3, 0.4) is 0 Å². The van der Waals surface area contributed by atoms with E-state index in [-0.39, 0.29) is 19.0 Å². The smallest absolute Gasteiger partial charge is 0.407 e. The van der Waals surface area contributed by atoms with Gasteiger partial charge >= 0.3 is 12.1 Å². The monoisotopic (exact) mass is 394 g/mol. The largest absolute Gasteiger partial charge is 0.460 e. The summed E-state index contributed by atoms with van der Waals surface area (Å²) in [4.78, 5) is 29.3. The van der Waals surface area contributed by atoms with Gasteiger partial charge in [0.25, 0.3) is 0 Å². The quantitative estimate of drug-likeness (QED) is 0.542. The van der Waals surface area contributed by atoms with E-state index < -0.39 is 23.3 Å². The number of carbonyl (C=O) groups is 2. The highest BCUT2D eigenvalue weighted by Gasteiger charge is 2.25. The Morgan fingerprint density at radius 3 is 2.21 bits per heavy atom. The summed E-state index contributed by atoms with van der Waals surface area (Å²) in [7, 11) is 0. The number of rotatable bonds is 7. The van der Waals surface area contributed by atoms with Gasteiger partial charge in [0.05, 0.1) is 13.0 Å². The van der Waals surface area contributed by atoms with Gasteiger partial charge in [-0.1, -0.05) is 18.2 Å². The summed E-state index contributed by atoms with van der Waals surface area (Å²) in [5.74, 6) is 4.78. The number of aryl methyl sites for hydroxylation is 1. The normalized spacial score (nSPS) is 13.0. The fourth-order valence-electron chi connectivity index (χ4n) is 2.63. The summed E-state index contributed by atoms with van der Waals surface area (Å²) in [6.45, 7) is 13.0. The minimum Gasteiger partial charge on any atom is -0.460 e. The Balaban J connectivity index is 2.98. The molecule has 0 aromatic heterocycles. The standard InChI is InChI=1S/C21H34N2O5/c1-14-8-9-15(13-26-22)10-16(14)11-17(12-18(24)27-20(2,3)4)23-19(25)28-21(5,6)7/h8-10,17H,11-13,22H2,1-7H3,(H,23,25)/t17-/m0/s1. The molecule has 0 bridgehead atoms. The van der Waals surface area contributed by atoms with Crippen LogP contribution in [0, 0.1) is 6.92 Å². The van der Waals surface area contributed by atoms with E-state index in [9.17, 15) is 9.59 Å². The highest BCUT2D eigenvalue weighted by atomic mass is 16.6. The Bertz CT molecular complexity index is 644. The van der Waals surface area contributed by atoms with Gasteiger partial charge in [-0.3, -0.25) is 9.63 Å². The summed E-state index contributed by atoms with van der Waals surface area (Å²) < 4.78 is 10.8. The van der Waals surface area contributed by atoms with Crippen molar-refractivity contribution < 1.29 is 23.9 Å². The lowest BCUT2D eigenvalue weighted by molar-refractivity contribution is -0.155. The molecule has 1 rings (SSSR count). The first kappa shape index (κ1) is 23.9. The van der Waals surface area contributed by atoms with Crippen LogP contribution in [-0.4, -0.2) is 29.3 Å². The highest BCUT2D eigenvalue weighted by Crippen LogP contribution is 2.17. The van der Waals surface area contributed by atoms with E-state index in [1.54, 1.807) is 20.8 Å². The van der Waals surface area contributed by atoms with Crippen molar-refractivity contribution in [3.05, 3.63) is 34.9 Å². The minimum atomic E-state index is -0.630.